The zero-order chi connectivity index (χ0) is 33.3. The van der Waals surface area contributed by atoms with Crippen molar-refractivity contribution in [3.8, 4) is 0 Å². The summed E-state index contributed by atoms with van der Waals surface area (Å²) in [5, 5.41) is 5.32. The molecule has 0 bridgehead atoms. The Morgan fingerprint density at radius 3 is 2.50 bits per heavy atom. The summed E-state index contributed by atoms with van der Waals surface area (Å²) < 4.78 is 42.5. The van der Waals surface area contributed by atoms with E-state index >= 15 is 0 Å². The number of hydrogen-bond acceptors (Lipinski definition) is 5. The first-order valence-electron chi connectivity index (χ1n) is 14.9. The van der Waals surface area contributed by atoms with Crippen LogP contribution in [0.5, 0.6) is 0 Å². The van der Waals surface area contributed by atoms with Crippen molar-refractivity contribution in [1.82, 2.24) is 14.8 Å². The van der Waals surface area contributed by atoms with E-state index in [2.05, 4.69) is 15.6 Å². The number of aromatic amines is 1. The van der Waals surface area contributed by atoms with E-state index < -0.39 is 64.3 Å². The van der Waals surface area contributed by atoms with Crippen LogP contribution in [0, 0.1) is 17.6 Å². The van der Waals surface area contributed by atoms with Gasteiger partial charge in [-0.15, -0.1) is 0 Å². The molecule has 0 radical (unpaired) electrons. The summed E-state index contributed by atoms with van der Waals surface area (Å²) in [6.07, 6.45) is 0.254. The Kier molecular flexibility index (Phi) is 7.36. The highest BCUT2D eigenvalue weighted by Crippen LogP contribution is 2.48. The Hall–Kier alpha value is -4.88. The molecule has 5 N–H and O–H groups in total. The number of nitrogens with two attached hydrogens (primary N) is 1. The van der Waals surface area contributed by atoms with Crippen LogP contribution in [0.2, 0.25) is 0 Å². The number of hydrogen-bond donors (Lipinski definition) is 4. The van der Waals surface area contributed by atoms with Gasteiger partial charge in [0.1, 0.15) is 29.4 Å². The Morgan fingerprint density at radius 2 is 1.85 bits per heavy atom. The van der Waals surface area contributed by atoms with Crippen LogP contribution in [0.3, 0.4) is 0 Å². The molecular formula is C32H33F3N6O5. The largest absolute Gasteiger partial charge is 0.368 e. The number of aromatic nitrogens is 1. The molecule has 46 heavy (non-hydrogen) atoms. The molecule has 1 saturated carbocycles. The van der Waals surface area contributed by atoms with Crippen LogP contribution in [0.15, 0.2) is 36.4 Å². The molecule has 3 aliphatic rings. The smallest absolute Gasteiger partial charge is 0.270 e. The number of halogens is 3. The van der Waals surface area contributed by atoms with E-state index in [4.69, 9.17) is 5.73 Å². The Bertz CT molecular complexity index is 1820. The molecule has 3 aromatic rings. The van der Waals surface area contributed by atoms with Crippen molar-refractivity contribution >= 4 is 51.8 Å². The van der Waals surface area contributed by atoms with Gasteiger partial charge in [-0.3, -0.25) is 24.0 Å². The van der Waals surface area contributed by atoms with Crippen molar-refractivity contribution < 1.29 is 37.1 Å². The average Bonchev–Trinajstić information content (AvgIpc) is 3.33. The van der Waals surface area contributed by atoms with Crippen LogP contribution in [0.4, 0.5) is 24.5 Å². The normalized spacial score (nSPS) is 21.8. The minimum atomic E-state index is -1.93. The minimum absolute atomic E-state index is 0.000415. The van der Waals surface area contributed by atoms with Crippen molar-refractivity contribution in [1.29, 1.82) is 0 Å². The molecule has 1 spiro atoms. The lowest BCUT2D eigenvalue weighted by atomic mass is 9.79. The lowest BCUT2D eigenvalue weighted by Gasteiger charge is -2.33. The standard InChI is InChI=1S/C32H33F3N6O5/c1-15(2)8-24(40(3)27(43)23-12-18-20(34)9-16(33)10-22(18)38-23)28(44)41-14-31(13-25(41)26(36)42)19-11-17(4-5-21(19)39-29(31)45)37-30(46)32(35)6-7-32/h4-5,9-12,15,24-25,38H,6-8,13-14H2,1-3H3,(H2,36,42)(H,37,46)(H,39,45)/t24-,25-,31-/m0/s1. The number of carbonyl (C=O) groups is 5. The van der Waals surface area contributed by atoms with Crippen molar-refractivity contribution in [2.75, 3.05) is 24.2 Å². The molecule has 1 aromatic heterocycles. The van der Waals surface area contributed by atoms with Gasteiger partial charge < -0.3 is 31.2 Å². The quantitative estimate of drug-likeness (QED) is 0.298. The molecule has 14 heteroatoms. The number of primary amides is 1. The highest BCUT2D eigenvalue weighted by atomic mass is 19.1. The number of carbonyl (C=O) groups excluding carboxylic acids is 5. The monoisotopic (exact) mass is 638 g/mol. The summed E-state index contributed by atoms with van der Waals surface area (Å²) in [6.45, 7) is 3.43. The van der Waals surface area contributed by atoms with Crippen LogP contribution in [-0.4, -0.2) is 75.7 Å². The third-order valence-electron chi connectivity index (χ3n) is 9.19. The maximum Gasteiger partial charge on any atom is 0.270 e. The van der Waals surface area contributed by atoms with Gasteiger partial charge in [0.25, 0.3) is 11.8 Å². The summed E-state index contributed by atoms with van der Waals surface area (Å²) in [5.74, 6) is -5.21. The van der Waals surface area contributed by atoms with E-state index in [0.717, 1.165) is 6.07 Å². The Morgan fingerprint density at radius 1 is 1.13 bits per heavy atom. The predicted molar refractivity (Wildman–Crippen MR) is 161 cm³/mol. The molecular weight excluding hydrogens is 605 g/mol. The fourth-order valence-corrected chi connectivity index (χ4v) is 6.49. The molecule has 0 unspecified atom stereocenters. The van der Waals surface area contributed by atoms with Gasteiger partial charge in [-0.25, -0.2) is 13.2 Å². The van der Waals surface area contributed by atoms with Gasteiger partial charge in [0.2, 0.25) is 17.7 Å². The topological polar surface area (TPSA) is 158 Å². The molecule has 242 valence electrons. The summed E-state index contributed by atoms with van der Waals surface area (Å²) >= 11 is 0. The fraction of sp³-hybridized carbons (Fsp3) is 0.406. The van der Waals surface area contributed by atoms with Crippen molar-refractivity contribution in [3.63, 3.8) is 0 Å². The molecule has 11 nitrogen and oxygen atoms in total. The van der Waals surface area contributed by atoms with Gasteiger partial charge in [-0.1, -0.05) is 13.8 Å². The van der Waals surface area contributed by atoms with Crippen LogP contribution in [0.1, 0.15) is 55.6 Å². The second kappa shape index (κ2) is 10.9. The zero-order valence-corrected chi connectivity index (χ0v) is 25.4. The van der Waals surface area contributed by atoms with E-state index in [1.54, 1.807) is 6.07 Å². The first-order valence-corrected chi connectivity index (χ1v) is 14.9. The van der Waals surface area contributed by atoms with Gasteiger partial charge in [0.05, 0.1) is 10.9 Å². The lowest BCUT2D eigenvalue weighted by Crippen LogP contribution is -2.54. The summed E-state index contributed by atoms with van der Waals surface area (Å²) in [5.41, 5.74) is 3.50. The highest BCUT2D eigenvalue weighted by molar-refractivity contribution is 6.09. The SMILES string of the molecule is CC(C)C[C@@H](C(=O)N1C[C@]2(C[C@H]1C(N)=O)C(=O)Nc1ccc(NC(=O)C3(F)CC3)cc12)N(C)C(=O)c1cc2c(F)cc(F)cc2[nH]1. The Balaban J connectivity index is 1.31. The van der Waals surface area contributed by atoms with E-state index in [-0.39, 0.29) is 60.4 Å². The van der Waals surface area contributed by atoms with Crippen molar-refractivity contribution in [2.24, 2.45) is 11.7 Å². The number of amides is 5. The number of likely N-dealkylation sites (tertiary alicyclic amines) is 1. The molecule has 1 aliphatic carbocycles. The van der Waals surface area contributed by atoms with Crippen LogP contribution in [0.25, 0.3) is 10.9 Å². The maximum atomic E-state index is 14.4. The number of H-pyrrole nitrogens is 1. The number of alkyl halides is 1. The molecule has 3 atom stereocenters. The first-order chi connectivity index (χ1) is 21.6. The number of anilines is 2. The van der Waals surface area contributed by atoms with E-state index in [0.29, 0.717) is 17.3 Å². The fourth-order valence-electron chi connectivity index (χ4n) is 6.49. The summed E-state index contributed by atoms with van der Waals surface area (Å²) in [6, 6.07) is 5.26. The molecule has 5 amide bonds. The number of nitrogens with zero attached hydrogens (tertiary/aromatic N) is 2. The van der Waals surface area contributed by atoms with Gasteiger partial charge in [-0.05, 0) is 67.5 Å². The summed E-state index contributed by atoms with van der Waals surface area (Å²) in [7, 11) is 1.39. The number of benzene rings is 2. The second-order valence-corrected chi connectivity index (χ2v) is 12.9. The van der Waals surface area contributed by atoms with Gasteiger partial charge >= 0.3 is 0 Å². The molecule has 2 fully saturated rings. The van der Waals surface area contributed by atoms with E-state index in [1.165, 1.54) is 35.0 Å². The summed E-state index contributed by atoms with van der Waals surface area (Å²) in [4.78, 5) is 71.7. The molecule has 2 aliphatic heterocycles. The van der Waals surface area contributed by atoms with Gasteiger partial charge in [0.15, 0.2) is 5.67 Å². The molecule has 6 rings (SSSR count). The number of likely N-dealkylation sites (N-methyl/N-ethyl adjacent to an activating group) is 1. The lowest BCUT2D eigenvalue weighted by molar-refractivity contribution is -0.141. The maximum absolute atomic E-state index is 14.4. The van der Waals surface area contributed by atoms with E-state index in [9.17, 15) is 37.1 Å². The van der Waals surface area contributed by atoms with Crippen LogP contribution >= 0.6 is 0 Å². The zero-order valence-electron chi connectivity index (χ0n) is 25.4. The third kappa shape index (κ3) is 5.14. The van der Waals surface area contributed by atoms with Gasteiger partial charge in [0, 0.05) is 36.4 Å². The average molecular weight is 639 g/mol. The second-order valence-electron chi connectivity index (χ2n) is 12.9. The highest BCUT2D eigenvalue weighted by Gasteiger charge is 2.58. The molecule has 1 saturated heterocycles. The van der Waals surface area contributed by atoms with Crippen LogP contribution in [-0.2, 0) is 24.6 Å². The number of fused-ring (bicyclic) bond motifs is 3. The van der Waals surface area contributed by atoms with Crippen molar-refractivity contribution in [3.05, 3.63) is 59.3 Å². The third-order valence-corrected chi connectivity index (χ3v) is 9.19. The Labute approximate surface area is 261 Å². The number of nitrogens with one attached hydrogen (secondary N) is 3. The first kappa shape index (κ1) is 31.1. The minimum Gasteiger partial charge on any atom is -0.368 e. The van der Waals surface area contributed by atoms with Gasteiger partial charge in [-0.2, -0.15) is 0 Å². The molecule has 2 aromatic carbocycles. The number of rotatable bonds is 8. The van der Waals surface area contributed by atoms with Crippen molar-refractivity contribution in [2.45, 2.75) is 62.7 Å². The van der Waals surface area contributed by atoms with Crippen LogP contribution < -0.4 is 16.4 Å². The predicted octanol–water partition coefficient (Wildman–Crippen LogP) is 3.35. The molecule has 3 heterocycles. The van der Waals surface area contributed by atoms with E-state index in [1.807, 2.05) is 13.8 Å².